The number of nitrogens with zero attached hydrogens (tertiary/aromatic N) is 2. The van der Waals surface area contributed by atoms with Crippen LogP contribution >= 0.6 is 0 Å². The smallest absolute Gasteiger partial charge is 0.160 e. The highest BCUT2D eigenvalue weighted by Gasteiger charge is 2.16. The molecule has 11 aromatic rings. The predicted molar refractivity (Wildman–Crippen MR) is 237 cm³/mol. The molecule has 3 heteroatoms. The molecule has 2 aromatic heterocycles. The Bertz CT molecular complexity index is 3270. The summed E-state index contributed by atoms with van der Waals surface area (Å²) in [6.45, 7) is 0. The van der Waals surface area contributed by atoms with Crippen molar-refractivity contribution in [2.75, 3.05) is 0 Å². The van der Waals surface area contributed by atoms with Crippen molar-refractivity contribution in [2.24, 2.45) is 0 Å². The van der Waals surface area contributed by atoms with Gasteiger partial charge in [0.05, 0.1) is 11.4 Å². The van der Waals surface area contributed by atoms with Gasteiger partial charge in [0.2, 0.25) is 0 Å². The lowest BCUT2D eigenvalue weighted by Gasteiger charge is -2.14. The second-order valence-corrected chi connectivity index (χ2v) is 14.6. The minimum absolute atomic E-state index is 0.686. The molecule has 0 saturated carbocycles. The molecule has 0 amide bonds. The SMILES string of the molecule is c1ccc(-c2cc(-c3ccc4oc5ccccc5c4c3)cc(-c3cc(-c4ccc(-c5cc6ccccc6c6ccccc56)cc4)nc(-c4ccccc4)n3)c2)cc1. The van der Waals surface area contributed by atoms with E-state index in [0.29, 0.717) is 5.82 Å². The fourth-order valence-corrected chi connectivity index (χ4v) is 8.22. The molecule has 0 N–H and O–H groups in total. The summed E-state index contributed by atoms with van der Waals surface area (Å²) in [6.07, 6.45) is 0. The van der Waals surface area contributed by atoms with Gasteiger partial charge >= 0.3 is 0 Å². The monoisotopic (exact) mass is 726 g/mol. The van der Waals surface area contributed by atoms with Crippen LogP contribution in [0.15, 0.2) is 211 Å². The zero-order chi connectivity index (χ0) is 37.7. The Morgan fingerprint density at radius 3 is 1.60 bits per heavy atom. The Labute approximate surface area is 330 Å². The Morgan fingerprint density at radius 1 is 0.281 bits per heavy atom. The first-order valence-electron chi connectivity index (χ1n) is 19.3. The van der Waals surface area contributed by atoms with Crippen molar-refractivity contribution in [3.8, 4) is 67.3 Å². The molecule has 0 aliphatic rings. The summed E-state index contributed by atoms with van der Waals surface area (Å²) in [5.74, 6) is 0.686. The van der Waals surface area contributed by atoms with Gasteiger partial charge in [-0.25, -0.2) is 9.97 Å². The van der Waals surface area contributed by atoms with E-state index in [9.17, 15) is 0 Å². The molecular weight excluding hydrogens is 693 g/mol. The van der Waals surface area contributed by atoms with Crippen molar-refractivity contribution in [1.29, 1.82) is 0 Å². The fraction of sp³-hybridized carbons (Fsp3) is 0. The highest BCUT2D eigenvalue weighted by atomic mass is 16.3. The number of fused-ring (bicyclic) bond motifs is 6. The van der Waals surface area contributed by atoms with E-state index in [1.54, 1.807) is 0 Å². The van der Waals surface area contributed by atoms with Crippen LogP contribution in [0.25, 0.3) is 111 Å². The number of benzene rings is 9. The zero-order valence-electron chi connectivity index (χ0n) is 30.9. The summed E-state index contributed by atoms with van der Waals surface area (Å²) in [5.41, 5.74) is 13.4. The van der Waals surface area contributed by atoms with E-state index < -0.39 is 0 Å². The van der Waals surface area contributed by atoms with Crippen molar-refractivity contribution < 1.29 is 4.42 Å². The molecule has 0 saturated heterocycles. The van der Waals surface area contributed by atoms with E-state index in [1.807, 2.05) is 30.3 Å². The molecule has 0 aliphatic carbocycles. The number of furan rings is 1. The van der Waals surface area contributed by atoms with Gasteiger partial charge in [0.15, 0.2) is 5.82 Å². The predicted octanol–water partition coefficient (Wildman–Crippen LogP) is 14.7. The van der Waals surface area contributed by atoms with E-state index in [1.165, 1.54) is 32.7 Å². The largest absolute Gasteiger partial charge is 0.456 e. The summed E-state index contributed by atoms with van der Waals surface area (Å²) in [6, 6.07) is 72.9. The lowest BCUT2D eigenvalue weighted by Crippen LogP contribution is -1.96. The number of aromatic nitrogens is 2. The van der Waals surface area contributed by atoms with Crippen LogP contribution in [0.3, 0.4) is 0 Å². The van der Waals surface area contributed by atoms with Gasteiger partial charge < -0.3 is 4.42 Å². The van der Waals surface area contributed by atoms with Crippen molar-refractivity contribution in [2.45, 2.75) is 0 Å². The highest BCUT2D eigenvalue weighted by molar-refractivity contribution is 6.14. The average Bonchev–Trinajstić information content (AvgIpc) is 3.67. The molecule has 3 nitrogen and oxygen atoms in total. The third-order valence-corrected chi connectivity index (χ3v) is 11.1. The molecule has 57 heavy (non-hydrogen) atoms. The number of hydrogen-bond acceptors (Lipinski definition) is 3. The quantitative estimate of drug-likeness (QED) is 0.160. The van der Waals surface area contributed by atoms with Crippen LogP contribution in [0.2, 0.25) is 0 Å². The summed E-state index contributed by atoms with van der Waals surface area (Å²) in [5, 5.41) is 7.22. The minimum atomic E-state index is 0.686. The first-order chi connectivity index (χ1) is 28.2. The average molecular weight is 727 g/mol. The molecule has 0 bridgehead atoms. The molecule has 0 spiro atoms. The lowest BCUT2D eigenvalue weighted by molar-refractivity contribution is 0.669. The second-order valence-electron chi connectivity index (χ2n) is 14.6. The Kier molecular flexibility index (Phi) is 7.82. The van der Waals surface area contributed by atoms with Crippen LogP contribution in [0.1, 0.15) is 0 Å². The van der Waals surface area contributed by atoms with E-state index in [2.05, 4.69) is 176 Å². The Hall–Kier alpha value is -7.62. The van der Waals surface area contributed by atoms with Crippen LogP contribution in [-0.4, -0.2) is 9.97 Å². The van der Waals surface area contributed by atoms with Crippen LogP contribution in [0, 0.1) is 0 Å². The van der Waals surface area contributed by atoms with Crippen LogP contribution in [0.4, 0.5) is 0 Å². The standard InChI is InChI=1S/C54H34N2O/c1-3-13-35(14-4-1)41-29-42(39-27-28-53-49(32-39)47-21-11-12-22-52(47)57-53)31-43(30-41)51-34-50(55-54(56-51)38-15-5-2-6-16-38)37-25-23-36(24-26-37)48-33-40-17-7-8-18-44(40)45-19-9-10-20-46(45)48/h1-34H. The van der Waals surface area contributed by atoms with Crippen molar-refractivity contribution in [3.05, 3.63) is 206 Å². The number of rotatable bonds is 6. The first kappa shape index (κ1) is 32.8. The molecule has 266 valence electrons. The number of para-hydroxylation sites is 1. The summed E-state index contributed by atoms with van der Waals surface area (Å²) < 4.78 is 6.19. The van der Waals surface area contributed by atoms with E-state index in [-0.39, 0.29) is 0 Å². The summed E-state index contributed by atoms with van der Waals surface area (Å²) >= 11 is 0. The van der Waals surface area contributed by atoms with E-state index >= 15 is 0 Å². The van der Waals surface area contributed by atoms with Gasteiger partial charge in [-0.15, -0.1) is 0 Å². The molecule has 0 aliphatic heterocycles. The first-order valence-corrected chi connectivity index (χ1v) is 19.3. The van der Waals surface area contributed by atoms with Gasteiger partial charge in [-0.3, -0.25) is 0 Å². The minimum Gasteiger partial charge on any atom is -0.456 e. The van der Waals surface area contributed by atoms with Gasteiger partial charge in [-0.2, -0.15) is 0 Å². The second kappa shape index (κ2) is 13.6. The van der Waals surface area contributed by atoms with E-state index in [0.717, 1.165) is 72.3 Å². The number of hydrogen-bond donors (Lipinski definition) is 0. The third-order valence-electron chi connectivity index (χ3n) is 11.1. The van der Waals surface area contributed by atoms with Crippen LogP contribution in [-0.2, 0) is 0 Å². The van der Waals surface area contributed by atoms with Gasteiger partial charge in [-0.1, -0.05) is 158 Å². The topological polar surface area (TPSA) is 38.9 Å². The molecular formula is C54H34N2O. The molecule has 9 aromatic carbocycles. The fourth-order valence-electron chi connectivity index (χ4n) is 8.22. The van der Waals surface area contributed by atoms with Gasteiger partial charge in [0.1, 0.15) is 11.2 Å². The molecule has 0 fully saturated rings. The Morgan fingerprint density at radius 2 is 0.825 bits per heavy atom. The molecule has 0 unspecified atom stereocenters. The Balaban J connectivity index is 1.07. The van der Waals surface area contributed by atoms with Crippen LogP contribution < -0.4 is 0 Å². The molecule has 0 atom stereocenters. The molecule has 11 rings (SSSR count). The van der Waals surface area contributed by atoms with Crippen molar-refractivity contribution >= 4 is 43.5 Å². The highest BCUT2D eigenvalue weighted by Crippen LogP contribution is 2.39. The van der Waals surface area contributed by atoms with Crippen molar-refractivity contribution in [1.82, 2.24) is 9.97 Å². The zero-order valence-corrected chi connectivity index (χ0v) is 30.9. The lowest BCUT2D eigenvalue weighted by atomic mass is 9.92. The molecule has 0 radical (unpaired) electrons. The maximum Gasteiger partial charge on any atom is 0.160 e. The third kappa shape index (κ3) is 5.94. The van der Waals surface area contributed by atoms with Gasteiger partial charge in [0.25, 0.3) is 0 Å². The van der Waals surface area contributed by atoms with E-state index in [4.69, 9.17) is 14.4 Å². The maximum absolute atomic E-state index is 6.19. The van der Waals surface area contributed by atoms with Crippen molar-refractivity contribution in [3.63, 3.8) is 0 Å². The summed E-state index contributed by atoms with van der Waals surface area (Å²) in [4.78, 5) is 10.4. The molecule has 2 heterocycles. The van der Waals surface area contributed by atoms with Gasteiger partial charge in [-0.05, 0) is 103 Å². The summed E-state index contributed by atoms with van der Waals surface area (Å²) in [7, 11) is 0. The normalized spacial score (nSPS) is 11.5. The van der Waals surface area contributed by atoms with Crippen LogP contribution in [0.5, 0.6) is 0 Å². The van der Waals surface area contributed by atoms with Gasteiger partial charge in [0, 0.05) is 27.5 Å². The maximum atomic E-state index is 6.19.